The van der Waals surface area contributed by atoms with Crippen molar-refractivity contribution in [2.45, 2.75) is 19.0 Å². The van der Waals surface area contributed by atoms with E-state index in [2.05, 4.69) is 71.6 Å². The van der Waals surface area contributed by atoms with Crippen LogP contribution in [0.4, 0.5) is 4.79 Å². The van der Waals surface area contributed by atoms with Gasteiger partial charge in [0.2, 0.25) is 0 Å². The second kappa shape index (κ2) is 8.68. The fourth-order valence-corrected chi connectivity index (χ4v) is 5.96. The van der Waals surface area contributed by atoms with Crippen LogP contribution in [0.25, 0.3) is 0 Å². The second-order valence-electron chi connectivity index (χ2n) is 9.70. The smallest absolute Gasteiger partial charge is 0.410 e. The topological polar surface area (TPSA) is 32.8 Å². The Bertz CT molecular complexity index is 1100. The minimum atomic E-state index is -0.176. The van der Waals surface area contributed by atoms with Gasteiger partial charge in [0.1, 0.15) is 0 Å². The first-order chi connectivity index (χ1) is 16.3. The molecular formula is C29H30N2O2. The highest BCUT2D eigenvalue weighted by atomic mass is 16.6. The van der Waals surface area contributed by atoms with E-state index >= 15 is 0 Å². The first-order valence-electron chi connectivity index (χ1n) is 12.1. The Balaban J connectivity index is 1.08. The van der Waals surface area contributed by atoms with Gasteiger partial charge in [-0.15, -0.1) is 0 Å². The van der Waals surface area contributed by atoms with Crippen LogP contribution in [0.5, 0.6) is 0 Å². The number of carbonyl (C=O) groups excluding carboxylic acids is 1. The number of rotatable bonds is 5. The Labute approximate surface area is 195 Å². The van der Waals surface area contributed by atoms with E-state index < -0.39 is 0 Å². The first-order valence-corrected chi connectivity index (χ1v) is 12.1. The molecule has 1 aliphatic carbocycles. The number of likely N-dealkylation sites (tertiary alicyclic amines) is 1. The molecule has 4 nitrogen and oxygen atoms in total. The number of fused-ring (bicyclic) bond motifs is 2. The fourth-order valence-electron chi connectivity index (χ4n) is 5.96. The largest absolute Gasteiger partial charge is 0.449 e. The summed E-state index contributed by atoms with van der Waals surface area (Å²) < 4.78 is 5.93. The van der Waals surface area contributed by atoms with Gasteiger partial charge in [-0.2, -0.15) is 0 Å². The van der Waals surface area contributed by atoms with E-state index in [0.29, 0.717) is 30.9 Å². The van der Waals surface area contributed by atoms with Crippen LogP contribution in [0.15, 0.2) is 84.9 Å². The number of hydrogen-bond acceptors (Lipinski definition) is 3. The highest BCUT2D eigenvalue weighted by Crippen LogP contribution is 2.52. The van der Waals surface area contributed by atoms with Crippen molar-refractivity contribution in [2.24, 2.45) is 17.8 Å². The van der Waals surface area contributed by atoms with Crippen LogP contribution >= 0.6 is 0 Å². The molecule has 1 saturated carbocycles. The Morgan fingerprint density at radius 1 is 0.848 bits per heavy atom. The Morgan fingerprint density at radius 2 is 1.52 bits per heavy atom. The average molecular weight is 439 g/mol. The normalized spacial score (nSPS) is 25.9. The third-order valence-corrected chi connectivity index (χ3v) is 7.73. The zero-order valence-corrected chi connectivity index (χ0v) is 18.8. The van der Waals surface area contributed by atoms with Crippen molar-refractivity contribution in [1.82, 2.24) is 9.80 Å². The summed E-state index contributed by atoms with van der Waals surface area (Å²) in [7, 11) is 0. The standard InChI is InChI=1S/C29H30N2O2/c32-29(33-20-27-25-18-30(19-26(25)27)17-21-9-3-1-4-10-21)31-16-15-22-11-7-8-14-24(22)28(31)23-12-5-2-6-13-23/h1-14,25-28H,15-20H2. The summed E-state index contributed by atoms with van der Waals surface area (Å²) in [5.41, 5.74) is 5.05. The van der Waals surface area contributed by atoms with Gasteiger partial charge < -0.3 is 4.74 Å². The van der Waals surface area contributed by atoms with Gasteiger partial charge in [-0.1, -0.05) is 84.9 Å². The van der Waals surface area contributed by atoms with Gasteiger partial charge in [0, 0.05) is 32.1 Å². The third-order valence-electron chi connectivity index (χ3n) is 7.73. The van der Waals surface area contributed by atoms with Crippen molar-refractivity contribution < 1.29 is 9.53 Å². The Morgan fingerprint density at radius 3 is 2.27 bits per heavy atom. The van der Waals surface area contributed by atoms with Gasteiger partial charge in [0.15, 0.2) is 0 Å². The zero-order valence-electron chi connectivity index (χ0n) is 18.8. The molecule has 1 saturated heterocycles. The maximum absolute atomic E-state index is 13.2. The summed E-state index contributed by atoms with van der Waals surface area (Å²) in [6.45, 7) is 4.49. The fraction of sp³-hybridized carbons (Fsp3) is 0.345. The number of piperidine rings is 1. The molecule has 2 heterocycles. The maximum atomic E-state index is 13.2. The monoisotopic (exact) mass is 438 g/mol. The first kappa shape index (κ1) is 20.5. The lowest BCUT2D eigenvalue weighted by atomic mass is 9.88. The zero-order chi connectivity index (χ0) is 22.2. The van der Waals surface area contributed by atoms with Crippen molar-refractivity contribution in [3.05, 3.63) is 107 Å². The molecule has 3 aromatic carbocycles. The highest BCUT2D eigenvalue weighted by molar-refractivity contribution is 5.70. The van der Waals surface area contributed by atoms with Gasteiger partial charge in [-0.3, -0.25) is 9.80 Å². The van der Waals surface area contributed by atoms with E-state index in [1.54, 1.807) is 0 Å². The van der Waals surface area contributed by atoms with E-state index in [9.17, 15) is 4.79 Å². The van der Waals surface area contributed by atoms with E-state index in [4.69, 9.17) is 4.74 Å². The molecule has 0 aromatic heterocycles. The molecule has 2 fully saturated rings. The summed E-state index contributed by atoms with van der Waals surface area (Å²) in [5.74, 6) is 1.87. The summed E-state index contributed by atoms with van der Waals surface area (Å²) in [4.78, 5) is 17.7. The molecule has 3 atom stereocenters. The summed E-state index contributed by atoms with van der Waals surface area (Å²) >= 11 is 0. The quantitative estimate of drug-likeness (QED) is 0.552. The molecule has 0 N–H and O–H groups in total. The van der Waals surface area contributed by atoms with Crippen LogP contribution < -0.4 is 0 Å². The molecule has 3 aliphatic rings. The minimum absolute atomic E-state index is 0.0799. The molecule has 3 aromatic rings. The molecule has 6 rings (SSSR count). The van der Waals surface area contributed by atoms with Crippen LogP contribution in [-0.2, 0) is 17.7 Å². The van der Waals surface area contributed by atoms with Gasteiger partial charge in [0.05, 0.1) is 12.6 Å². The number of amides is 1. The maximum Gasteiger partial charge on any atom is 0.410 e. The van der Waals surface area contributed by atoms with E-state index in [1.807, 2.05) is 23.1 Å². The number of ether oxygens (including phenoxy) is 1. The third kappa shape index (κ3) is 4.04. The van der Waals surface area contributed by atoms with Crippen molar-refractivity contribution in [1.29, 1.82) is 0 Å². The molecule has 0 spiro atoms. The average Bonchev–Trinajstić information content (AvgIpc) is 3.33. The van der Waals surface area contributed by atoms with Gasteiger partial charge in [0.25, 0.3) is 0 Å². The summed E-state index contributed by atoms with van der Waals surface area (Å²) in [5, 5.41) is 0. The summed E-state index contributed by atoms with van der Waals surface area (Å²) in [6.07, 6.45) is 0.696. The molecule has 4 heteroatoms. The predicted molar refractivity (Wildman–Crippen MR) is 129 cm³/mol. The number of nitrogens with zero attached hydrogens (tertiary/aromatic N) is 2. The van der Waals surface area contributed by atoms with Crippen LogP contribution in [0.2, 0.25) is 0 Å². The van der Waals surface area contributed by atoms with E-state index in [-0.39, 0.29) is 12.1 Å². The molecule has 1 amide bonds. The van der Waals surface area contributed by atoms with Crippen LogP contribution in [-0.4, -0.2) is 42.1 Å². The molecule has 3 unspecified atom stereocenters. The predicted octanol–water partition coefficient (Wildman–Crippen LogP) is 5.15. The van der Waals surface area contributed by atoms with Gasteiger partial charge in [-0.05, 0) is 40.5 Å². The van der Waals surface area contributed by atoms with Crippen molar-refractivity contribution >= 4 is 6.09 Å². The van der Waals surface area contributed by atoms with Gasteiger partial charge >= 0.3 is 6.09 Å². The van der Waals surface area contributed by atoms with Crippen LogP contribution in [0.1, 0.15) is 28.3 Å². The van der Waals surface area contributed by atoms with Crippen molar-refractivity contribution in [2.75, 3.05) is 26.2 Å². The lowest BCUT2D eigenvalue weighted by molar-refractivity contribution is 0.0805. The minimum Gasteiger partial charge on any atom is -0.449 e. The van der Waals surface area contributed by atoms with E-state index in [0.717, 1.165) is 31.6 Å². The number of carbonyl (C=O) groups is 1. The SMILES string of the molecule is O=C(OCC1C2CN(Cc3ccccc3)CC12)N1CCc2ccccc2C1c1ccccc1. The van der Waals surface area contributed by atoms with Gasteiger partial charge in [-0.25, -0.2) is 4.79 Å². The van der Waals surface area contributed by atoms with Crippen LogP contribution in [0, 0.1) is 17.8 Å². The molecule has 2 aliphatic heterocycles. The Hall–Kier alpha value is -3.11. The van der Waals surface area contributed by atoms with Crippen LogP contribution in [0.3, 0.4) is 0 Å². The molecule has 168 valence electrons. The lowest BCUT2D eigenvalue weighted by Gasteiger charge is -2.37. The highest BCUT2D eigenvalue weighted by Gasteiger charge is 2.56. The molecule has 33 heavy (non-hydrogen) atoms. The molecule has 0 bridgehead atoms. The van der Waals surface area contributed by atoms with Crippen molar-refractivity contribution in [3.63, 3.8) is 0 Å². The second-order valence-corrected chi connectivity index (χ2v) is 9.70. The van der Waals surface area contributed by atoms with E-state index in [1.165, 1.54) is 16.7 Å². The number of benzene rings is 3. The van der Waals surface area contributed by atoms with Crippen molar-refractivity contribution in [3.8, 4) is 0 Å². The summed E-state index contributed by atoms with van der Waals surface area (Å²) in [6, 6.07) is 29.4. The Kier molecular flexibility index (Phi) is 5.39. The lowest BCUT2D eigenvalue weighted by Crippen LogP contribution is -2.41. The molecular weight excluding hydrogens is 408 g/mol. The number of hydrogen-bond donors (Lipinski definition) is 0. The molecule has 0 radical (unpaired) electrons.